The Bertz CT molecular complexity index is 963. The fraction of sp³-hybridized carbons (Fsp3) is 0. The average molecular weight is 317 g/mol. The molecule has 1 aliphatic carbocycles. The van der Waals surface area contributed by atoms with Crippen LogP contribution in [0.5, 0.6) is 0 Å². The maximum atomic E-state index is 12.5. The Labute approximate surface area is 125 Å². The van der Waals surface area contributed by atoms with Crippen LogP contribution in [-0.4, -0.2) is 24.5 Å². The molecule has 1 aliphatic rings. The summed E-state index contributed by atoms with van der Waals surface area (Å²) in [7, 11) is -4.86. The Kier molecular flexibility index (Phi) is 2.84. The molecule has 0 bridgehead atoms. The summed E-state index contributed by atoms with van der Waals surface area (Å²) in [6, 6.07) is 6.40. The molecule has 0 saturated carbocycles. The molecule has 0 unspecified atom stereocenters. The predicted molar refractivity (Wildman–Crippen MR) is 76.5 cm³/mol. The zero-order valence-electron chi connectivity index (χ0n) is 11.0. The first kappa shape index (κ1) is 14.2. The summed E-state index contributed by atoms with van der Waals surface area (Å²) in [5.74, 6) is -1.18. The number of hydrogen-bond donors (Lipinski definition) is 2. The van der Waals surface area contributed by atoms with Gasteiger partial charge in [0.1, 0.15) is 10.1 Å². The molecule has 0 spiro atoms. The van der Waals surface area contributed by atoms with E-state index in [9.17, 15) is 22.6 Å². The van der Waals surface area contributed by atoms with Crippen molar-refractivity contribution in [1.82, 2.24) is 0 Å². The summed E-state index contributed by atoms with van der Waals surface area (Å²) in [6.45, 7) is 0. The van der Waals surface area contributed by atoms with Gasteiger partial charge in [-0.1, -0.05) is 12.1 Å². The van der Waals surface area contributed by atoms with Crippen LogP contribution in [0.2, 0.25) is 0 Å². The second-order valence-corrected chi connectivity index (χ2v) is 6.13. The van der Waals surface area contributed by atoms with E-state index >= 15 is 0 Å². The van der Waals surface area contributed by atoms with Crippen molar-refractivity contribution in [3.05, 3.63) is 52.6 Å². The van der Waals surface area contributed by atoms with Gasteiger partial charge in [-0.2, -0.15) is 0 Å². The van der Waals surface area contributed by atoms with Gasteiger partial charge >= 0.3 is 0 Å². The van der Waals surface area contributed by atoms with Crippen LogP contribution in [0.1, 0.15) is 31.8 Å². The molecule has 0 radical (unpaired) electrons. The lowest BCUT2D eigenvalue weighted by molar-refractivity contribution is 0.0980. The zero-order valence-corrected chi connectivity index (χ0v) is 11.8. The van der Waals surface area contributed by atoms with E-state index in [-0.39, 0.29) is 27.9 Å². The predicted octanol–water partition coefficient (Wildman–Crippen LogP) is 0.531. The molecule has 0 amide bonds. The van der Waals surface area contributed by atoms with E-state index in [0.29, 0.717) is 0 Å². The van der Waals surface area contributed by atoms with Gasteiger partial charge in [-0.05, 0) is 18.2 Å². The number of hydrogen-bond acceptors (Lipinski definition) is 7. The highest BCUT2D eigenvalue weighted by molar-refractivity contribution is 7.86. The maximum Gasteiger partial charge on any atom is 0.196 e. The van der Waals surface area contributed by atoms with Crippen molar-refractivity contribution in [2.75, 3.05) is 11.5 Å². The van der Waals surface area contributed by atoms with Gasteiger partial charge in [0.2, 0.25) is 0 Å². The van der Waals surface area contributed by atoms with E-state index < -0.39 is 32.3 Å². The van der Waals surface area contributed by atoms with E-state index in [4.69, 9.17) is 11.5 Å². The van der Waals surface area contributed by atoms with Crippen molar-refractivity contribution in [2.24, 2.45) is 0 Å². The van der Waals surface area contributed by atoms with Crippen LogP contribution in [0.4, 0.5) is 11.4 Å². The zero-order chi connectivity index (χ0) is 16.2. The Morgan fingerprint density at radius 2 is 1.45 bits per heavy atom. The Hall–Kier alpha value is -2.71. The van der Waals surface area contributed by atoms with Gasteiger partial charge in [-0.25, -0.2) is 8.42 Å². The summed E-state index contributed by atoms with van der Waals surface area (Å²) in [5.41, 5.74) is 10.8. The number of fused-ring (bicyclic) bond motifs is 2. The molecule has 0 atom stereocenters. The Morgan fingerprint density at radius 3 is 2.09 bits per heavy atom. The van der Waals surface area contributed by atoms with E-state index in [0.717, 1.165) is 12.1 Å². The SMILES string of the molecule is Nc1cccc2c1C(=O)c1ccc(S(=O)(=O)[O-])c(N)c1C2=O. The van der Waals surface area contributed by atoms with Gasteiger partial charge in [-0.15, -0.1) is 0 Å². The van der Waals surface area contributed by atoms with Crippen LogP contribution in [0, 0.1) is 0 Å². The lowest BCUT2D eigenvalue weighted by Gasteiger charge is -2.22. The Morgan fingerprint density at radius 1 is 0.864 bits per heavy atom. The Balaban J connectivity index is 2.38. The minimum atomic E-state index is -4.86. The van der Waals surface area contributed by atoms with Crippen molar-refractivity contribution >= 4 is 33.1 Å². The van der Waals surface area contributed by atoms with Crippen LogP contribution in [0.25, 0.3) is 0 Å². The molecular weight excluding hydrogens is 308 g/mol. The van der Waals surface area contributed by atoms with Gasteiger partial charge in [0.15, 0.2) is 11.6 Å². The van der Waals surface area contributed by atoms with Crippen LogP contribution < -0.4 is 11.5 Å². The second kappa shape index (κ2) is 4.39. The normalized spacial score (nSPS) is 13.7. The fourth-order valence-electron chi connectivity index (χ4n) is 2.53. The smallest absolute Gasteiger partial charge is 0.196 e. The van der Waals surface area contributed by atoms with Gasteiger partial charge in [-0.3, -0.25) is 9.59 Å². The highest BCUT2D eigenvalue weighted by Gasteiger charge is 2.34. The molecule has 0 aromatic heterocycles. The van der Waals surface area contributed by atoms with Crippen molar-refractivity contribution in [1.29, 1.82) is 0 Å². The lowest BCUT2D eigenvalue weighted by Crippen LogP contribution is -2.24. The number of ketones is 2. The number of anilines is 2. The molecule has 0 saturated heterocycles. The summed E-state index contributed by atoms with van der Waals surface area (Å²) in [6.07, 6.45) is 0. The summed E-state index contributed by atoms with van der Waals surface area (Å²) in [5, 5.41) is 0. The third kappa shape index (κ3) is 1.81. The second-order valence-electron chi connectivity index (χ2n) is 4.78. The number of carbonyl (C=O) groups is 2. The molecule has 0 fully saturated rings. The van der Waals surface area contributed by atoms with Crippen LogP contribution in [0.15, 0.2) is 35.2 Å². The van der Waals surface area contributed by atoms with Crippen molar-refractivity contribution < 1.29 is 22.6 Å². The fourth-order valence-corrected chi connectivity index (χ4v) is 3.14. The molecule has 8 heteroatoms. The molecule has 2 aromatic rings. The summed E-state index contributed by atoms with van der Waals surface area (Å²) in [4.78, 5) is 24.3. The summed E-state index contributed by atoms with van der Waals surface area (Å²) >= 11 is 0. The third-order valence-corrected chi connectivity index (χ3v) is 4.41. The molecule has 22 heavy (non-hydrogen) atoms. The minimum absolute atomic E-state index is 0.0321. The lowest BCUT2D eigenvalue weighted by atomic mass is 9.82. The molecule has 4 N–H and O–H groups in total. The first-order valence-electron chi connectivity index (χ1n) is 6.09. The van der Waals surface area contributed by atoms with Gasteiger partial charge in [0, 0.05) is 16.8 Å². The quantitative estimate of drug-likeness (QED) is 0.492. The topological polar surface area (TPSA) is 143 Å². The molecule has 112 valence electrons. The van der Waals surface area contributed by atoms with Gasteiger partial charge < -0.3 is 16.0 Å². The number of rotatable bonds is 1. The number of nitrogens with two attached hydrogens (primary N) is 2. The third-order valence-electron chi connectivity index (χ3n) is 3.51. The van der Waals surface area contributed by atoms with E-state index in [1.165, 1.54) is 18.2 Å². The number of carbonyl (C=O) groups excluding carboxylic acids is 2. The van der Waals surface area contributed by atoms with E-state index in [1.807, 2.05) is 0 Å². The average Bonchev–Trinajstić information content (AvgIpc) is 2.43. The molecular formula is C14H9N2O5S-. The van der Waals surface area contributed by atoms with Crippen molar-refractivity contribution in [2.45, 2.75) is 4.90 Å². The van der Waals surface area contributed by atoms with Gasteiger partial charge in [0.25, 0.3) is 0 Å². The highest BCUT2D eigenvalue weighted by Crippen LogP contribution is 2.35. The van der Waals surface area contributed by atoms with E-state index in [1.54, 1.807) is 0 Å². The molecule has 2 aromatic carbocycles. The van der Waals surface area contributed by atoms with E-state index in [2.05, 4.69) is 0 Å². The first-order chi connectivity index (χ1) is 10.2. The molecule has 0 aliphatic heterocycles. The number of benzene rings is 2. The maximum absolute atomic E-state index is 12.5. The monoisotopic (exact) mass is 317 g/mol. The molecule has 3 rings (SSSR count). The van der Waals surface area contributed by atoms with Gasteiger partial charge in [0.05, 0.1) is 21.7 Å². The first-order valence-corrected chi connectivity index (χ1v) is 7.50. The highest BCUT2D eigenvalue weighted by atomic mass is 32.2. The van der Waals surface area contributed by atoms with Crippen LogP contribution in [-0.2, 0) is 10.1 Å². The van der Waals surface area contributed by atoms with Crippen molar-refractivity contribution in [3.8, 4) is 0 Å². The summed E-state index contributed by atoms with van der Waals surface area (Å²) < 4.78 is 33.5. The largest absolute Gasteiger partial charge is 0.744 e. The van der Waals surface area contributed by atoms with Crippen molar-refractivity contribution in [3.63, 3.8) is 0 Å². The van der Waals surface area contributed by atoms with Crippen LogP contribution in [0.3, 0.4) is 0 Å². The molecule has 7 nitrogen and oxygen atoms in total. The minimum Gasteiger partial charge on any atom is -0.744 e. The number of nitrogen functional groups attached to an aromatic ring is 2. The standard InChI is InChI=1S/C14H10N2O5S/c15-8-3-1-2-6-10(8)13(17)7-4-5-9(22(19,20)21)12(16)11(7)14(6)18/h1-5H,15-16H2,(H,19,20,21)/p-1. The van der Waals surface area contributed by atoms with Crippen LogP contribution >= 0.6 is 0 Å². The molecule has 0 heterocycles.